The summed E-state index contributed by atoms with van der Waals surface area (Å²) >= 11 is 0. The van der Waals surface area contributed by atoms with E-state index in [-0.39, 0.29) is 17.3 Å². The maximum atomic E-state index is 12.4. The molecule has 140 valence electrons. The van der Waals surface area contributed by atoms with Crippen molar-refractivity contribution in [2.45, 2.75) is 18.7 Å². The van der Waals surface area contributed by atoms with Gasteiger partial charge in [0, 0.05) is 46.2 Å². The van der Waals surface area contributed by atoms with Gasteiger partial charge in [0.1, 0.15) is 0 Å². The molecule has 1 aliphatic heterocycles. The van der Waals surface area contributed by atoms with Crippen molar-refractivity contribution in [1.82, 2.24) is 14.5 Å². The molecular weight excluding hydrogens is 342 g/mol. The molecule has 0 aliphatic carbocycles. The van der Waals surface area contributed by atoms with Crippen molar-refractivity contribution in [3.8, 4) is 0 Å². The van der Waals surface area contributed by atoms with Crippen LogP contribution >= 0.6 is 0 Å². The van der Waals surface area contributed by atoms with Gasteiger partial charge in [0.05, 0.1) is 18.1 Å². The van der Waals surface area contributed by atoms with Gasteiger partial charge in [0.25, 0.3) is 0 Å². The summed E-state index contributed by atoms with van der Waals surface area (Å²) in [5.41, 5.74) is 0.700. The number of carbonyl (C=O) groups is 1. The highest BCUT2D eigenvalue weighted by Crippen LogP contribution is 2.13. The Morgan fingerprint density at radius 1 is 1.24 bits per heavy atom. The van der Waals surface area contributed by atoms with Crippen LogP contribution in [0.2, 0.25) is 0 Å². The molecule has 1 aromatic carbocycles. The van der Waals surface area contributed by atoms with Crippen LogP contribution in [0.4, 0.5) is 0 Å². The second-order valence-electron chi connectivity index (χ2n) is 6.12. The molecule has 25 heavy (non-hydrogen) atoms. The number of hydrogen-bond acceptors (Lipinski definition) is 5. The lowest BCUT2D eigenvalue weighted by Gasteiger charge is -2.29. The van der Waals surface area contributed by atoms with Crippen LogP contribution in [0.3, 0.4) is 0 Å². The van der Waals surface area contributed by atoms with E-state index >= 15 is 0 Å². The third-order valence-corrected chi connectivity index (χ3v) is 5.91. The van der Waals surface area contributed by atoms with Gasteiger partial charge in [0.15, 0.2) is 0 Å². The predicted molar refractivity (Wildman–Crippen MR) is 95.9 cm³/mol. The second-order valence-corrected chi connectivity index (χ2v) is 7.86. The minimum absolute atomic E-state index is 0.0525. The van der Waals surface area contributed by atoms with E-state index in [2.05, 4.69) is 9.62 Å². The van der Waals surface area contributed by atoms with Crippen molar-refractivity contribution in [1.29, 1.82) is 0 Å². The summed E-state index contributed by atoms with van der Waals surface area (Å²) in [7, 11) is -3.56. The molecule has 8 heteroatoms. The molecule has 1 fully saturated rings. The molecule has 7 nitrogen and oxygen atoms in total. The Morgan fingerprint density at radius 3 is 2.56 bits per heavy atom. The van der Waals surface area contributed by atoms with Gasteiger partial charge < -0.3 is 9.64 Å². The smallest absolute Gasteiger partial charge is 0.240 e. The molecule has 2 rings (SSSR count). The molecule has 0 aromatic heterocycles. The Balaban J connectivity index is 1.84. The van der Waals surface area contributed by atoms with E-state index in [0.29, 0.717) is 18.7 Å². The normalized spacial score (nSPS) is 15.9. The summed E-state index contributed by atoms with van der Waals surface area (Å²) in [6.45, 7) is 8.34. The minimum Gasteiger partial charge on any atom is -0.379 e. The summed E-state index contributed by atoms with van der Waals surface area (Å²) in [6, 6.07) is 6.85. The average molecular weight is 369 g/mol. The molecule has 0 atom stereocenters. The van der Waals surface area contributed by atoms with E-state index < -0.39 is 10.0 Å². The zero-order valence-corrected chi connectivity index (χ0v) is 15.7. The third-order valence-electron chi connectivity index (χ3n) is 4.29. The van der Waals surface area contributed by atoms with Crippen molar-refractivity contribution < 1.29 is 17.9 Å². The molecular formula is C17H27N3O4S. The highest BCUT2D eigenvalue weighted by atomic mass is 32.2. The Labute approximate surface area is 150 Å². The maximum Gasteiger partial charge on any atom is 0.240 e. The first kappa shape index (κ1) is 19.8. The number of amides is 1. The standard InChI is InChI=1S/C17H27N3O4S/c1-15-5-3-4-6-17(15)25(22,23)18-7-8-20(16(2)21)10-9-19-11-13-24-14-12-19/h3-6,18H,7-14H2,1-2H3. The highest BCUT2D eigenvalue weighted by molar-refractivity contribution is 7.89. The highest BCUT2D eigenvalue weighted by Gasteiger charge is 2.18. The first-order chi connectivity index (χ1) is 11.9. The lowest BCUT2D eigenvalue weighted by Crippen LogP contribution is -2.44. The van der Waals surface area contributed by atoms with Gasteiger partial charge in [-0.25, -0.2) is 13.1 Å². The van der Waals surface area contributed by atoms with Crippen LogP contribution < -0.4 is 4.72 Å². The van der Waals surface area contributed by atoms with E-state index in [4.69, 9.17) is 4.74 Å². The summed E-state index contributed by atoms with van der Waals surface area (Å²) in [5, 5.41) is 0. The van der Waals surface area contributed by atoms with Gasteiger partial charge in [-0.2, -0.15) is 0 Å². The van der Waals surface area contributed by atoms with Gasteiger partial charge in [-0.3, -0.25) is 9.69 Å². The van der Waals surface area contributed by atoms with Gasteiger partial charge >= 0.3 is 0 Å². The van der Waals surface area contributed by atoms with Crippen LogP contribution in [0, 0.1) is 6.92 Å². The fourth-order valence-corrected chi connectivity index (χ4v) is 4.03. The molecule has 1 N–H and O–H groups in total. The van der Waals surface area contributed by atoms with Gasteiger partial charge in [-0.15, -0.1) is 0 Å². The number of aryl methyl sites for hydroxylation is 1. The molecule has 1 saturated heterocycles. The average Bonchev–Trinajstić information content (AvgIpc) is 2.58. The molecule has 1 aliphatic rings. The lowest BCUT2D eigenvalue weighted by molar-refractivity contribution is -0.129. The number of hydrogen-bond donors (Lipinski definition) is 1. The van der Waals surface area contributed by atoms with Gasteiger partial charge in [0.2, 0.25) is 15.9 Å². The number of morpholine rings is 1. The zero-order chi connectivity index (χ0) is 18.3. The van der Waals surface area contributed by atoms with Crippen molar-refractivity contribution in [3.05, 3.63) is 29.8 Å². The molecule has 1 heterocycles. The number of nitrogens with zero attached hydrogens (tertiary/aromatic N) is 2. The number of nitrogens with one attached hydrogen (secondary N) is 1. The molecule has 0 saturated carbocycles. The minimum atomic E-state index is -3.56. The van der Waals surface area contributed by atoms with E-state index in [1.165, 1.54) is 6.92 Å². The third kappa shape index (κ3) is 6.07. The number of rotatable bonds is 8. The largest absolute Gasteiger partial charge is 0.379 e. The molecule has 0 unspecified atom stereocenters. The Morgan fingerprint density at radius 2 is 1.92 bits per heavy atom. The summed E-state index contributed by atoms with van der Waals surface area (Å²) in [5.74, 6) is -0.0525. The molecule has 0 radical (unpaired) electrons. The molecule has 1 aromatic rings. The van der Waals surface area contributed by atoms with Crippen LogP contribution in [0.5, 0.6) is 0 Å². The Kier molecular flexibility index (Phi) is 7.37. The fraction of sp³-hybridized carbons (Fsp3) is 0.588. The van der Waals surface area contributed by atoms with Crippen LogP contribution in [-0.4, -0.2) is 76.6 Å². The maximum absolute atomic E-state index is 12.4. The van der Waals surface area contributed by atoms with Gasteiger partial charge in [-0.05, 0) is 18.6 Å². The number of benzene rings is 1. The van der Waals surface area contributed by atoms with E-state index in [0.717, 1.165) is 32.8 Å². The predicted octanol–water partition coefficient (Wildman–Crippen LogP) is 0.454. The Bertz CT molecular complexity index is 672. The van der Waals surface area contributed by atoms with Crippen molar-refractivity contribution >= 4 is 15.9 Å². The van der Waals surface area contributed by atoms with Crippen LogP contribution in [0.15, 0.2) is 29.2 Å². The topological polar surface area (TPSA) is 79.0 Å². The Hall–Kier alpha value is -1.48. The van der Waals surface area contributed by atoms with E-state index in [1.54, 1.807) is 36.1 Å². The SMILES string of the molecule is CC(=O)N(CCNS(=O)(=O)c1ccccc1C)CCN1CCOCC1. The molecule has 0 spiro atoms. The monoisotopic (exact) mass is 369 g/mol. The number of carbonyl (C=O) groups excluding carboxylic acids is 1. The first-order valence-corrected chi connectivity index (χ1v) is 9.99. The van der Waals surface area contributed by atoms with Crippen molar-refractivity contribution in [3.63, 3.8) is 0 Å². The van der Waals surface area contributed by atoms with E-state index in [9.17, 15) is 13.2 Å². The first-order valence-electron chi connectivity index (χ1n) is 8.51. The molecule has 1 amide bonds. The number of ether oxygens (including phenoxy) is 1. The fourth-order valence-electron chi connectivity index (χ4n) is 2.76. The van der Waals surface area contributed by atoms with Crippen molar-refractivity contribution in [2.75, 3.05) is 52.5 Å². The quantitative estimate of drug-likeness (QED) is 0.720. The van der Waals surface area contributed by atoms with Crippen LogP contribution in [0.25, 0.3) is 0 Å². The summed E-state index contributed by atoms with van der Waals surface area (Å²) in [6.07, 6.45) is 0. The summed E-state index contributed by atoms with van der Waals surface area (Å²) < 4.78 is 32.6. The summed E-state index contributed by atoms with van der Waals surface area (Å²) in [4.78, 5) is 16.0. The van der Waals surface area contributed by atoms with E-state index in [1.807, 2.05) is 0 Å². The molecule has 0 bridgehead atoms. The number of sulfonamides is 1. The van der Waals surface area contributed by atoms with Crippen LogP contribution in [-0.2, 0) is 19.6 Å². The van der Waals surface area contributed by atoms with Crippen LogP contribution in [0.1, 0.15) is 12.5 Å². The van der Waals surface area contributed by atoms with Gasteiger partial charge in [-0.1, -0.05) is 18.2 Å². The van der Waals surface area contributed by atoms with Crippen molar-refractivity contribution in [2.24, 2.45) is 0 Å². The second kappa shape index (κ2) is 9.28. The lowest BCUT2D eigenvalue weighted by atomic mass is 10.2. The zero-order valence-electron chi connectivity index (χ0n) is 14.9.